The van der Waals surface area contributed by atoms with E-state index in [-0.39, 0.29) is 0 Å². The van der Waals surface area contributed by atoms with Crippen LogP contribution in [0.2, 0.25) is 0 Å². The van der Waals surface area contributed by atoms with Crippen LogP contribution in [0.1, 0.15) is 17.2 Å². The minimum Gasteiger partial charge on any atom is -0.330 e. The molecule has 0 saturated carbocycles. The third-order valence-corrected chi connectivity index (χ3v) is 2.55. The van der Waals surface area contributed by atoms with E-state index in [9.17, 15) is 0 Å². The molecule has 2 N–H and O–H groups in total. The average Bonchev–Trinajstić information content (AvgIpc) is 2.62. The van der Waals surface area contributed by atoms with Gasteiger partial charge >= 0.3 is 0 Å². The first kappa shape index (κ1) is 10.8. The van der Waals surface area contributed by atoms with Gasteiger partial charge in [-0.15, -0.1) is 10.2 Å². The van der Waals surface area contributed by atoms with Crippen LogP contribution < -0.4 is 5.73 Å². The van der Waals surface area contributed by atoms with Gasteiger partial charge in [0.25, 0.3) is 0 Å². The highest BCUT2D eigenvalue weighted by atomic mass is 15.3. The largest absolute Gasteiger partial charge is 0.330 e. The van der Waals surface area contributed by atoms with E-state index in [2.05, 4.69) is 41.4 Å². The van der Waals surface area contributed by atoms with E-state index in [4.69, 9.17) is 5.73 Å². The highest BCUT2D eigenvalue weighted by Crippen LogP contribution is 2.13. The smallest absolute Gasteiger partial charge is 0.138 e. The van der Waals surface area contributed by atoms with Gasteiger partial charge in [-0.3, -0.25) is 4.57 Å². The minimum absolute atomic E-state index is 0.587. The summed E-state index contributed by atoms with van der Waals surface area (Å²) in [6.45, 7) is 4.61. The van der Waals surface area contributed by atoms with Crippen molar-refractivity contribution in [1.82, 2.24) is 14.8 Å². The number of hydrogen-bond acceptors (Lipinski definition) is 3. The van der Waals surface area contributed by atoms with Gasteiger partial charge in [0.15, 0.2) is 0 Å². The van der Waals surface area contributed by atoms with Crippen LogP contribution in [0, 0.1) is 13.8 Å². The van der Waals surface area contributed by atoms with E-state index in [1.165, 1.54) is 5.56 Å². The Bertz CT molecular complexity index is 470. The van der Waals surface area contributed by atoms with E-state index >= 15 is 0 Å². The highest BCUT2D eigenvalue weighted by Gasteiger charge is 2.09. The fourth-order valence-corrected chi connectivity index (χ4v) is 1.73. The molecule has 0 bridgehead atoms. The molecule has 0 aliphatic carbocycles. The summed E-state index contributed by atoms with van der Waals surface area (Å²) in [7, 11) is 0. The van der Waals surface area contributed by atoms with Gasteiger partial charge < -0.3 is 5.73 Å². The lowest BCUT2D eigenvalue weighted by Crippen LogP contribution is -2.09. The fraction of sp³-hybridized carbons (Fsp3) is 0.333. The molecular formula is C12H16N4. The Morgan fingerprint density at radius 1 is 1.12 bits per heavy atom. The summed E-state index contributed by atoms with van der Waals surface area (Å²) in [6, 6.07) is 8.32. The van der Waals surface area contributed by atoms with E-state index in [0.717, 1.165) is 23.8 Å². The maximum absolute atomic E-state index is 5.56. The number of aryl methyl sites for hydroxylation is 2. The maximum atomic E-state index is 5.56. The van der Waals surface area contributed by atoms with Crippen molar-refractivity contribution in [2.75, 3.05) is 6.54 Å². The van der Waals surface area contributed by atoms with Crippen LogP contribution in [-0.2, 0) is 6.42 Å². The van der Waals surface area contributed by atoms with Crippen molar-refractivity contribution in [3.05, 3.63) is 41.5 Å². The van der Waals surface area contributed by atoms with Crippen molar-refractivity contribution in [3.8, 4) is 5.69 Å². The van der Waals surface area contributed by atoms with Crippen molar-refractivity contribution in [3.63, 3.8) is 0 Å². The van der Waals surface area contributed by atoms with Crippen molar-refractivity contribution >= 4 is 0 Å². The number of hydrogen-bond donors (Lipinski definition) is 1. The normalized spacial score (nSPS) is 10.7. The van der Waals surface area contributed by atoms with Gasteiger partial charge in [-0.2, -0.15) is 0 Å². The molecule has 2 aromatic rings. The Kier molecular flexibility index (Phi) is 3.01. The summed E-state index contributed by atoms with van der Waals surface area (Å²) in [6.07, 6.45) is 0.745. The molecule has 0 spiro atoms. The molecule has 16 heavy (non-hydrogen) atoms. The maximum Gasteiger partial charge on any atom is 0.138 e. The first-order valence-corrected chi connectivity index (χ1v) is 5.40. The molecule has 0 unspecified atom stereocenters. The summed E-state index contributed by atoms with van der Waals surface area (Å²) < 4.78 is 2.05. The lowest BCUT2D eigenvalue weighted by atomic mass is 10.2. The van der Waals surface area contributed by atoms with Gasteiger partial charge in [0.05, 0.1) is 0 Å². The fourth-order valence-electron chi connectivity index (χ4n) is 1.73. The van der Waals surface area contributed by atoms with Crippen LogP contribution in [0.25, 0.3) is 5.69 Å². The second-order valence-corrected chi connectivity index (χ2v) is 3.87. The van der Waals surface area contributed by atoms with E-state index in [0.29, 0.717) is 6.54 Å². The molecule has 4 nitrogen and oxygen atoms in total. The lowest BCUT2D eigenvalue weighted by Gasteiger charge is -2.08. The van der Waals surface area contributed by atoms with Crippen molar-refractivity contribution in [1.29, 1.82) is 0 Å². The number of rotatable bonds is 3. The highest BCUT2D eigenvalue weighted by molar-refractivity contribution is 5.36. The second kappa shape index (κ2) is 4.45. The van der Waals surface area contributed by atoms with Crippen molar-refractivity contribution in [2.24, 2.45) is 5.73 Å². The van der Waals surface area contributed by atoms with Crippen LogP contribution in [0.3, 0.4) is 0 Å². The predicted octanol–water partition coefficient (Wildman–Crippen LogP) is 1.39. The van der Waals surface area contributed by atoms with Crippen LogP contribution >= 0.6 is 0 Å². The topological polar surface area (TPSA) is 56.7 Å². The number of aromatic nitrogens is 3. The molecule has 2 rings (SSSR count). The SMILES string of the molecule is Cc1ccc(-n2c(C)nnc2CCN)cc1. The first-order chi connectivity index (χ1) is 7.72. The van der Waals surface area contributed by atoms with Crippen LogP contribution in [0.4, 0.5) is 0 Å². The van der Waals surface area contributed by atoms with Gasteiger partial charge in [0, 0.05) is 12.1 Å². The molecule has 4 heteroatoms. The standard InChI is InChI=1S/C12H16N4/c1-9-3-5-11(6-4-9)16-10(2)14-15-12(16)7-8-13/h3-6H,7-8,13H2,1-2H3. The summed E-state index contributed by atoms with van der Waals surface area (Å²) in [4.78, 5) is 0. The Morgan fingerprint density at radius 2 is 1.81 bits per heavy atom. The third kappa shape index (κ3) is 1.97. The molecule has 0 saturated heterocycles. The Morgan fingerprint density at radius 3 is 2.44 bits per heavy atom. The molecule has 1 aromatic carbocycles. The Hall–Kier alpha value is -1.68. The van der Waals surface area contributed by atoms with Gasteiger partial charge in [0.2, 0.25) is 0 Å². The van der Waals surface area contributed by atoms with Gasteiger partial charge in [-0.25, -0.2) is 0 Å². The zero-order valence-corrected chi connectivity index (χ0v) is 9.64. The average molecular weight is 216 g/mol. The van der Waals surface area contributed by atoms with Gasteiger partial charge in [-0.1, -0.05) is 17.7 Å². The van der Waals surface area contributed by atoms with E-state index < -0.39 is 0 Å². The quantitative estimate of drug-likeness (QED) is 0.843. The second-order valence-electron chi connectivity index (χ2n) is 3.87. The molecule has 0 atom stereocenters. The molecular weight excluding hydrogens is 200 g/mol. The zero-order valence-electron chi connectivity index (χ0n) is 9.64. The monoisotopic (exact) mass is 216 g/mol. The van der Waals surface area contributed by atoms with E-state index in [1.54, 1.807) is 0 Å². The summed E-state index contributed by atoms with van der Waals surface area (Å²) >= 11 is 0. The first-order valence-electron chi connectivity index (χ1n) is 5.40. The summed E-state index contributed by atoms with van der Waals surface area (Å²) in [5.74, 6) is 1.82. The minimum atomic E-state index is 0.587. The van der Waals surface area contributed by atoms with Gasteiger partial charge in [0.1, 0.15) is 11.6 Å². The summed E-state index contributed by atoms with van der Waals surface area (Å²) in [5.41, 5.74) is 7.90. The van der Waals surface area contributed by atoms with E-state index in [1.807, 2.05) is 11.5 Å². The number of nitrogens with zero attached hydrogens (tertiary/aromatic N) is 3. The van der Waals surface area contributed by atoms with Gasteiger partial charge in [-0.05, 0) is 32.5 Å². The molecule has 0 aliphatic heterocycles. The molecule has 0 fully saturated rings. The Balaban J connectivity index is 2.45. The van der Waals surface area contributed by atoms with Crippen molar-refractivity contribution in [2.45, 2.75) is 20.3 Å². The molecule has 0 amide bonds. The molecule has 1 heterocycles. The van der Waals surface area contributed by atoms with Crippen LogP contribution in [0.5, 0.6) is 0 Å². The Labute approximate surface area is 95.1 Å². The number of nitrogens with two attached hydrogens (primary N) is 1. The molecule has 0 aliphatic rings. The number of benzene rings is 1. The molecule has 84 valence electrons. The molecule has 1 aromatic heterocycles. The molecule has 0 radical (unpaired) electrons. The third-order valence-electron chi connectivity index (χ3n) is 2.55. The van der Waals surface area contributed by atoms with Crippen LogP contribution in [-0.4, -0.2) is 21.3 Å². The zero-order chi connectivity index (χ0) is 11.5. The van der Waals surface area contributed by atoms with Crippen LogP contribution in [0.15, 0.2) is 24.3 Å². The summed E-state index contributed by atoms with van der Waals surface area (Å²) in [5, 5.41) is 8.23. The predicted molar refractivity (Wildman–Crippen MR) is 63.6 cm³/mol. The van der Waals surface area contributed by atoms with Crippen molar-refractivity contribution < 1.29 is 0 Å². The lowest BCUT2D eigenvalue weighted by molar-refractivity contribution is 0.824.